The van der Waals surface area contributed by atoms with Gasteiger partial charge in [-0.05, 0) is 13.0 Å². The summed E-state index contributed by atoms with van der Waals surface area (Å²) in [6.45, 7) is 2.78. The predicted molar refractivity (Wildman–Crippen MR) is 83.5 cm³/mol. The number of hydrogen-bond acceptors (Lipinski definition) is 5. The van der Waals surface area contributed by atoms with Crippen molar-refractivity contribution in [2.75, 3.05) is 19.0 Å². The molecule has 0 saturated carbocycles. The Morgan fingerprint density at radius 3 is 2.76 bits per heavy atom. The van der Waals surface area contributed by atoms with Gasteiger partial charge in [0.25, 0.3) is 0 Å². The average Bonchev–Trinajstić information content (AvgIpc) is 2.54. The van der Waals surface area contributed by atoms with Crippen molar-refractivity contribution in [1.29, 1.82) is 0 Å². The zero-order valence-corrected chi connectivity index (χ0v) is 12.0. The lowest BCUT2D eigenvalue weighted by molar-refractivity contribution is 0.414. The minimum atomic E-state index is 0.637. The number of anilines is 1. The molecule has 21 heavy (non-hydrogen) atoms. The zero-order chi connectivity index (χ0) is 14.7. The average molecular weight is 280 g/mol. The smallest absolute Gasteiger partial charge is 0.187 e. The molecule has 2 heterocycles. The number of nitrogens with zero attached hydrogens (tertiary/aromatic N) is 3. The number of pyridine rings is 1. The minimum absolute atomic E-state index is 0.637. The standard InChI is InChI=1S/C16H16N4O/c1-3-17-16-15(21-2)14(19-10-20-16)12-8-4-6-11-7-5-9-18-13(11)12/h4-10H,3H2,1-2H3,(H,17,19,20). The number of nitrogens with one attached hydrogen (secondary N) is 1. The first-order valence-corrected chi connectivity index (χ1v) is 6.82. The Morgan fingerprint density at radius 1 is 1.10 bits per heavy atom. The minimum Gasteiger partial charge on any atom is -0.491 e. The van der Waals surface area contributed by atoms with Gasteiger partial charge in [-0.2, -0.15) is 0 Å². The molecule has 0 aliphatic carbocycles. The van der Waals surface area contributed by atoms with Gasteiger partial charge < -0.3 is 10.1 Å². The van der Waals surface area contributed by atoms with Gasteiger partial charge in [0.2, 0.25) is 0 Å². The number of fused-ring (bicyclic) bond motifs is 1. The second-order valence-corrected chi connectivity index (χ2v) is 4.52. The molecule has 3 rings (SSSR count). The van der Waals surface area contributed by atoms with E-state index < -0.39 is 0 Å². The third-order valence-electron chi connectivity index (χ3n) is 3.24. The number of aromatic nitrogens is 3. The first kappa shape index (κ1) is 13.3. The van der Waals surface area contributed by atoms with Crippen LogP contribution in [0.3, 0.4) is 0 Å². The van der Waals surface area contributed by atoms with E-state index in [0.29, 0.717) is 11.6 Å². The molecule has 0 radical (unpaired) electrons. The molecule has 0 spiro atoms. The molecule has 0 atom stereocenters. The Kier molecular flexibility index (Phi) is 3.64. The third kappa shape index (κ3) is 2.38. The van der Waals surface area contributed by atoms with E-state index in [4.69, 9.17) is 4.74 Å². The maximum atomic E-state index is 5.52. The first-order valence-electron chi connectivity index (χ1n) is 6.82. The van der Waals surface area contributed by atoms with E-state index in [0.717, 1.165) is 28.7 Å². The largest absolute Gasteiger partial charge is 0.491 e. The van der Waals surface area contributed by atoms with Crippen molar-refractivity contribution in [2.24, 2.45) is 0 Å². The number of methoxy groups -OCH3 is 1. The van der Waals surface area contributed by atoms with Crippen LogP contribution < -0.4 is 10.1 Å². The molecule has 1 N–H and O–H groups in total. The van der Waals surface area contributed by atoms with Gasteiger partial charge in [-0.25, -0.2) is 9.97 Å². The number of para-hydroxylation sites is 1. The monoisotopic (exact) mass is 280 g/mol. The van der Waals surface area contributed by atoms with Crippen molar-refractivity contribution >= 4 is 16.7 Å². The van der Waals surface area contributed by atoms with Gasteiger partial charge in [-0.3, -0.25) is 4.98 Å². The molecule has 2 aromatic heterocycles. The Morgan fingerprint density at radius 2 is 1.95 bits per heavy atom. The highest BCUT2D eigenvalue weighted by molar-refractivity contribution is 5.94. The normalized spacial score (nSPS) is 10.6. The molecule has 106 valence electrons. The van der Waals surface area contributed by atoms with Crippen molar-refractivity contribution in [3.63, 3.8) is 0 Å². The van der Waals surface area contributed by atoms with E-state index in [1.54, 1.807) is 13.3 Å². The number of hydrogen-bond donors (Lipinski definition) is 1. The summed E-state index contributed by atoms with van der Waals surface area (Å²) in [6.07, 6.45) is 3.32. The Balaban J connectivity index is 2.25. The summed E-state index contributed by atoms with van der Waals surface area (Å²) in [5, 5.41) is 4.26. The lowest BCUT2D eigenvalue weighted by atomic mass is 10.1. The van der Waals surface area contributed by atoms with Crippen molar-refractivity contribution in [3.05, 3.63) is 42.9 Å². The van der Waals surface area contributed by atoms with Crippen LogP contribution in [-0.2, 0) is 0 Å². The fraction of sp³-hybridized carbons (Fsp3) is 0.188. The van der Waals surface area contributed by atoms with E-state index in [9.17, 15) is 0 Å². The van der Waals surface area contributed by atoms with Crippen LogP contribution in [0, 0.1) is 0 Å². The van der Waals surface area contributed by atoms with E-state index >= 15 is 0 Å². The fourth-order valence-electron chi connectivity index (χ4n) is 2.35. The molecule has 5 heteroatoms. The summed E-state index contributed by atoms with van der Waals surface area (Å²) < 4.78 is 5.52. The maximum Gasteiger partial charge on any atom is 0.187 e. The first-order chi connectivity index (χ1) is 10.3. The predicted octanol–water partition coefficient (Wildman–Crippen LogP) is 3.13. The van der Waals surface area contributed by atoms with Gasteiger partial charge in [0.05, 0.1) is 12.6 Å². The molecule has 0 aliphatic heterocycles. The lowest BCUT2D eigenvalue weighted by Gasteiger charge is -2.13. The van der Waals surface area contributed by atoms with E-state index in [1.807, 2.05) is 37.3 Å². The molecule has 0 saturated heterocycles. The number of rotatable bonds is 4. The van der Waals surface area contributed by atoms with Crippen LogP contribution >= 0.6 is 0 Å². The molecule has 0 bridgehead atoms. The van der Waals surface area contributed by atoms with Crippen LogP contribution in [0.25, 0.3) is 22.2 Å². The van der Waals surface area contributed by atoms with Gasteiger partial charge >= 0.3 is 0 Å². The van der Waals surface area contributed by atoms with Crippen LogP contribution in [0.4, 0.5) is 5.82 Å². The molecule has 0 fully saturated rings. The summed E-state index contributed by atoms with van der Waals surface area (Å²) in [5.74, 6) is 1.33. The summed E-state index contributed by atoms with van der Waals surface area (Å²) in [7, 11) is 1.63. The molecule has 1 aromatic carbocycles. The molecular formula is C16H16N4O. The Labute approximate surface area is 123 Å². The molecule has 3 aromatic rings. The summed E-state index contributed by atoms with van der Waals surface area (Å²) in [4.78, 5) is 13.1. The van der Waals surface area contributed by atoms with Crippen LogP contribution in [0.2, 0.25) is 0 Å². The van der Waals surface area contributed by atoms with Gasteiger partial charge in [-0.1, -0.05) is 24.3 Å². The summed E-state index contributed by atoms with van der Waals surface area (Å²) in [5.41, 5.74) is 2.58. The highest BCUT2D eigenvalue weighted by Gasteiger charge is 2.15. The third-order valence-corrected chi connectivity index (χ3v) is 3.24. The van der Waals surface area contributed by atoms with Crippen molar-refractivity contribution < 1.29 is 4.74 Å². The van der Waals surface area contributed by atoms with Crippen molar-refractivity contribution in [3.8, 4) is 17.0 Å². The highest BCUT2D eigenvalue weighted by atomic mass is 16.5. The molecule has 0 amide bonds. The fourth-order valence-corrected chi connectivity index (χ4v) is 2.35. The highest BCUT2D eigenvalue weighted by Crippen LogP contribution is 2.35. The van der Waals surface area contributed by atoms with E-state index in [1.165, 1.54) is 6.33 Å². The van der Waals surface area contributed by atoms with Crippen LogP contribution in [0.5, 0.6) is 5.75 Å². The quantitative estimate of drug-likeness (QED) is 0.795. The van der Waals surface area contributed by atoms with Crippen LogP contribution in [0.1, 0.15) is 6.92 Å². The van der Waals surface area contributed by atoms with E-state index in [2.05, 4.69) is 20.3 Å². The molecule has 5 nitrogen and oxygen atoms in total. The van der Waals surface area contributed by atoms with Crippen molar-refractivity contribution in [1.82, 2.24) is 15.0 Å². The van der Waals surface area contributed by atoms with Gasteiger partial charge in [0.15, 0.2) is 11.6 Å². The van der Waals surface area contributed by atoms with Crippen LogP contribution in [0.15, 0.2) is 42.9 Å². The zero-order valence-electron chi connectivity index (χ0n) is 12.0. The van der Waals surface area contributed by atoms with E-state index in [-0.39, 0.29) is 0 Å². The number of benzene rings is 1. The second kappa shape index (κ2) is 5.75. The van der Waals surface area contributed by atoms with Gasteiger partial charge in [0.1, 0.15) is 12.0 Å². The Bertz CT molecular complexity index is 768. The molecule has 0 unspecified atom stereocenters. The maximum absolute atomic E-state index is 5.52. The van der Waals surface area contributed by atoms with Crippen molar-refractivity contribution in [2.45, 2.75) is 6.92 Å². The second-order valence-electron chi connectivity index (χ2n) is 4.52. The lowest BCUT2D eigenvalue weighted by Crippen LogP contribution is -2.04. The molecular weight excluding hydrogens is 264 g/mol. The van der Waals surface area contributed by atoms with Gasteiger partial charge in [0, 0.05) is 23.7 Å². The summed E-state index contributed by atoms with van der Waals surface area (Å²) in [6, 6.07) is 9.98. The topological polar surface area (TPSA) is 59.9 Å². The SMILES string of the molecule is CCNc1ncnc(-c2cccc3cccnc23)c1OC. The number of ether oxygens (including phenoxy) is 1. The summed E-state index contributed by atoms with van der Waals surface area (Å²) >= 11 is 0. The van der Waals surface area contributed by atoms with Crippen LogP contribution in [-0.4, -0.2) is 28.6 Å². The Hall–Kier alpha value is -2.69. The molecule has 0 aliphatic rings. The van der Waals surface area contributed by atoms with Gasteiger partial charge in [-0.15, -0.1) is 0 Å².